The molecule has 1 unspecified atom stereocenters. The van der Waals surface area contributed by atoms with E-state index < -0.39 is 6.61 Å². The summed E-state index contributed by atoms with van der Waals surface area (Å²) < 4.78 is 28.5. The van der Waals surface area contributed by atoms with Gasteiger partial charge in [-0.25, -0.2) is 0 Å². The van der Waals surface area contributed by atoms with Crippen molar-refractivity contribution in [2.75, 3.05) is 11.9 Å². The maximum atomic E-state index is 12.1. The zero-order valence-electron chi connectivity index (χ0n) is 11.1. The van der Waals surface area contributed by atoms with Gasteiger partial charge in [-0.05, 0) is 35.9 Å². The first kappa shape index (κ1) is 15.5. The van der Waals surface area contributed by atoms with Crippen molar-refractivity contribution in [3.8, 4) is 5.75 Å². The number of halogens is 3. The van der Waals surface area contributed by atoms with Crippen molar-refractivity contribution in [3.05, 3.63) is 59.1 Å². The molecule has 0 heterocycles. The van der Waals surface area contributed by atoms with Gasteiger partial charge in [-0.2, -0.15) is 8.78 Å². The second-order valence-electron chi connectivity index (χ2n) is 4.39. The number of nitrogens with one attached hydrogen (secondary N) is 1. The van der Waals surface area contributed by atoms with Crippen LogP contribution < -0.4 is 15.8 Å². The molecule has 0 saturated heterocycles. The molecule has 112 valence electrons. The Morgan fingerprint density at radius 1 is 1.14 bits per heavy atom. The Balaban J connectivity index is 2.10. The largest absolute Gasteiger partial charge is 0.435 e. The Bertz CT molecular complexity index is 578. The van der Waals surface area contributed by atoms with Gasteiger partial charge in [-0.3, -0.25) is 0 Å². The quantitative estimate of drug-likeness (QED) is 0.846. The van der Waals surface area contributed by atoms with Crippen LogP contribution in [0.25, 0.3) is 0 Å². The van der Waals surface area contributed by atoms with E-state index in [9.17, 15) is 8.78 Å². The first-order valence-corrected chi connectivity index (χ1v) is 6.73. The average Bonchev–Trinajstić information content (AvgIpc) is 2.45. The molecule has 0 aliphatic rings. The summed E-state index contributed by atoms with van der Waals surface area (Å²) in [4.78, 5) is 0. The minimum absolute atomic E-state index is 0.118. The van der Waals surface area contributed by atoms with Gasteiger partial charge < -0.3 is 15.8 Å². The summed E-state index contributed by atoms with van der Waals surface area (Å²) >= 11 is 5.93. The summed E-state index contributed by atoms with van der Waals surface area (Å²) in [7, 11) is 0. The van der Waals surface area contributed by atoms with Crippen molar-refractivity contribution in [3.63, 3.8) is 0 Å². The van der Waals surface area contributed by atoms with Crippen LogP contribution in [0.15, 0.2) is 48.5 Å². The van der Waals surface area contributed by atoms with Gasteiger partial charge in [0.1, 0.15) is 5.75 Å². The van der Waals surface area contributed by atoms with Crippen LogP contribution in [0.2, 0.25) is 5.02 Å². The van der Waals surface area contributed by atoms with E-state index in [0.717, 1.165) is 11.3 Å². The summed E-state index contributed by atoms with van der Waals surface area (Å²) in [6.45, 7) is -2.48. The molecule has 3 nitrogen and oxygen atoms in total. The lowest BCUT2D eigenvalue weighted by Crippen LogP contribution is -2.20. The Labute approximate surface area is 126 Å². The SMILES string of the molecule is NCC(Nc1cccc(Cl)c1)c1ccc(OC(F)F)cc1. The maximum Gasteiger partial charge on any atom is 0.387 e. The van der Waals surface area contributed by atoms with Crippen molar-refractivity contribution < 1.29 is 13.5 Å². The number of hydrogen-bond acceptors (Lipinski definition) is 3. The first-order valence-electron chi connectivity index (χ1n) is 6.35. The second-order valence-corrected chi connectivity index (χ2v) is 4.83. The fourth-order valence-electron chi connectivity index (χ4n) is 1.94. The highest BCUT2D eigenvalue weighted by molar-refractivity contribution is 6.30. The number of anilines is 1. The van der Waals surface area contributed by atoms with Gasteiger partial charge in [0.15, 0.2) is 0 Å². The standard InChI is InChI=1S/C15H15ClF2N2O/c16-11-2-1-3-12(8-11)20-14(9-19)10-4-6-13(7-5-10)21-15(17)18/h1-8,14-15,20H,9,19H2. The number of ether oxygens (including phenoxy) is 1. The predicted octanol–water partition coefficient (Wildman–Crippen LogP) is 4.05. The van der Waals surface area contributed by atoms with Crippen molar-refractivity contribution in [1.82, 2.24) is 0 Å². The lowest BCUT2D eigenvalue weighted by molar-refractivity contribution is -0.0498. The van der Waals surface area contributed by atoms with E-state index >= 15 is 0 Å². The Kier molecular flexibility index (Phi) is 5.36. The summed E-state index contributed by atoms with van der Waals surface area (Å²) in [5, 5.41) is 3.87. The summed E-state index contributed by atoms with van der Waals surface area (Å²) in [6, 6.07) is 13.5. The topological polar surface area (TPSA) is 47.3 Å². The fraction of sp³-hybridized carbons (Fsp3) is 0.200. The molecule has 3 N–H and O–H groups in total. The van der Waals surface area contributed by atoms with Crippen LogP contribution in [0, 0.1) is 0 Å². The van der Waals surface area contributed by atoms with Crippen LogP contribution in [0.1, 0.15) is 11.6 Å². The molecule has 0 saturated carbocycles. The molecule has 6 heteroatoms. The molecule has 2 aromatic rings. The molecule has 2 aromatic carbocycles. The van der Waals surface area contributed by atoms with Crippen molar-refractivity contribution >= 4 is 17.3 Å². The third-order valence-electron chi connectivity index (χ3n) is 2.91. The van der Waals surface area contributed by atoms with Crippen LogP contribution in [0.5, 0.6) is 5.75 Å². The van der Waals surface area contributed by atoms with Crippen molar-refractivity contribution in [2.24, 2.45) is 5.73 Å². The minimum Gasteiger partial charge on any atom is -0.435 e. The highest BCUT2D eigenvalue weighted by Gasteiger charge is 2.11. The van der Waals surface area contributed by atoms with Crippen LogP contribution in [-0.4, -0.2) is 13.2 Å². The zero-order chi connectivity index (χ0) is 15.2. The molecule has 0 amide bonds. The van der Waals surface area contributed by atoms with Crippen molar-refractivity contribution in [2.45, 2.75) is 12.7 Å². The van der Waals surface area contributed by atoms with E-state index in [1.54, 1.807) is 24.3 Å². The molecule has 0 aliphatic carbocycles. The van der Waals surface area contributed by atoms with Gasteiger partial charge in [0.05, 0.1) is 6.04 Å². The van der Waals surface area contributed by atoms with Gasteiger partial charge in [0.25, 0.3) is 0 Å². The monoisotopic (exact) mass is 312 g/mol. The summed E-state index contributed by atoms with van der Waals surface area (Å²) in [5.74, 6) is 0.118. The van der Waals surface area contributed by atoms with Gasteiger partial charge in [0.2, 0.25) is 0 Å². The van der Waals surface area contributed by atoms with Gasteiger partial charge in [-0.15, -0.1) is 0 Å². The van der Waals surface area contributed by atoms with Crippen LogP contribution in [0.4, 0.5) is 14.5 Å². The Morgan fingerprint density at radius 2 is 1.86 bits per heavy atom. The number of hydrogen-bond donors (Lipinski definition) is 2. The molecule has 0 fully saturated rings. The normalized spacial score (nSPS) is 12.2. The van der Waals surface area contributed by atoms with E-state index in [-0.39, 0.29) is 11.8 Å². The van der Waals surface area contributed by atoms with E-state index in [0.29, 0.717) is 11.6 Å². The second kappa shape index (κ2) is 7.24. The number of rotatable bonds is 6. The predicted molar refractivity (Wildman–Crippen MR) is 79.9 cm³/mol. The van der Waals surface area contributed by atoms with E-state index in [4.69, 9.17) is 17.3 Å². The molecule has 0 aliphatic heterocycles. The molecular weight excluding hydrogens is 298 g/mol. The number of benzene rings is 2. The third-order valence-corrected chi connectivity index (χ3v) is 3.14. The number of alkyl halides is 2. The van der Waals surface area contributed by atoms with Crippen molar-refractivity contribution in [1.29, 1.82) is 0 Å². The third kappa shape index (κ3) is 4.58. The Morgan fingerprint density at radius 3 is 2.43 bits per heavy atom. The molecule has 0 spiro atoms. The molecule has 1 atom stereocenters. The lowest BCUT2D eigenvalue weighted by Gasteiger charge is -2.19. The molecular formula is C15H15ClF2N2O. The minimum atomic E-state index is -2.83. The summed E-state index contributed by atoms with van der Waals surface area (Å²) in [6.07, 6.45) is 0. The first-order chi connectivity index (χ1) is 10.1. The smallest absolute Gasteiger partial charge is 0.387 e. The van der Waals surface area contributed by atoms with Crippen LogP contribution in [-0.2, 0) is 0 Å². The van der Waals surface area contributed by atoms with Gasteiger partial charge in [-0.1, -0.05) is 29.8 Å². The van der Waals surface area contributed by atoms with Gasteiger partial charge >= 0.3 is 6.61 Å². The summed E-state index contributed by atoms with van der Waals surface area (Å²) in [5.41, 5.74) is 7.48. The Hall–Kier alpha value is -1.85. The lowest BCUT2D eigenvalue weighted by atomic mass is 10.1. The van der Waals surface area contributed by atoms with E-state index in [1.165, 1.54) is 12.1 Å². The number of nitrogens with two attached hydrogens (primary N) is 1. The van der Waals surface area contributed by atoms with E-state index in [1.807, 2.05) is 12.1 Å². The molecule has 2 rings (SSSR count). The zero-order valence-corrected chi connectivity index (χ0v) is 11.9. The maximum absolute atomic E-state index is 12.1. The fourth-order valence-corrected chi connectivity index (χ4v) is 2.13. The highest BCUT2D eigenvalue weighted by Crippen LogP contribution is 2.23. The molecule has 0 bridgehead atoms. The van der Waals surface area contributed by atoms with Gasteiger partial charge in [0, 0.05) is 17.3 Å². The van der Waals surface area contributed by atoms with Crippen LogP contribution in [0.3, 0.4) is 0 Å². The van der Waals surface area contributed by atoms with Crippen LogP contribution >= 0.6 is 11.6 Å². The molecule has 0 radical (unpaired) electrons. The molecule has 0 aromatic heterocycles. The highest BCUT2D eigenvalue weighted by atomic mass is 35.5. The average molecular weight is 313 g/mol. The van der Waals surface area contributed by atoms with E-state index in [2.05, 4.69) is 10.1 Å². The molecule has 21 heavy (non-hydrogen) atoms.